The third kappa shape index (κ3) is 3.44. The lowest BCUT2D eigenvalue weighted by Crippen LogP contribution is -2.66. The standard InChI is InChI=1S/C18H20N2O9/c1-3-6-29-11-4-5-14-12(7-11)13(8-19(14)2)18(26,16(24)15(23)9-21)17(25,10-22)20(27)28/h1,4-5,7-8,10,15-16,21,23-26H,6,9H2,2H3/t15-,16+,17+,18+/m1/s1. The molecule has 29 heavy (non-hydrogen) atoms. The van der Waals surface area contributed by atoms with Gasteiger partial charge in [0.25, 0.3) is 0 Å². The van der Waals surface area contributed by atoms with Crippen LogP contribution in [0.25, 0.3) is 10.9 Å². The molecule has 1 aromatic heterocycles. The first-order valence-electron chi connectivity index (χ1n) is 8.26. The maximum absolute atomic E-state index is 11.5. The van der Waals surface area contributed by atoms with Crippen molar-refractivity contribution in [3.8, 4) is 18.1 Å². The van der Waals surface area contributed by atoms with Gasteiger partial charge >= 0.3 is 5.72 Å². The second-order valence-corrected chi connectivity index (χ2v) is 6.39. The molecule has 0 aliphatic carbocycles. The minimum absolute atomic E-state index is 0.0656. The Morgan fingerprint density at radius 2 is 2.07 bits per heavy atom. The van der Waals surface area contributed by atoms with Gasteiger partial charge < -0.3 is 34.8 Å². The molecule has 11 nitrogen and oxygen atoms in total. The Kier molecular flexibility index (Phi) is 6.27. The SMILES string of the molecule is C#CCOc1ccc2c(c1)c([C@](O)([C@@H](O)[C@H](O)CO)[C@@](O)(C=O)[N+](=O)[O-])cn2C. The molecule has 0 amide bonds. The van der Waals surface area contributed by atoms with Gasteiger partial charge in [-0.3, -0.25) is 14.9 Å². The van der Waals surface area contributed by atoms with Crippen LogP contribution in [-0.2, 0) is 17.4 Å². The minimum atomic E-state index is -3.76. The molecule has 1 aromatic carbocycles. The van der Waals surface area contributed by atoms with Crippen molar-refractivity contribution in [1.82, 2.24) is 4.57 Å². The number of ether oxygens (including phenoxy) is 1. The van der Waals surface area contributed by atoms with Gasteiger partial charge in [-0.2, -0.15) is 0 Å². The summed E-state index contributed by atoms with van der Waals surface area (Å²) < 4.78 is 6.69. The van der Waals surface area contributed by atoms with E-state index in [1.54, 1.807) is 0 Å². The molecule has 0 fully saturated rings. The van der Waals surface area contributed by atoms with Crippen molar-refractivity contribution in [2.75, 3.05) is 13.2 Å². The highest BCUT2D eigenvalue weighted by atomic mass is 16.7. The molecule has 0 spiro atoms. The summed E-state index contributed by atoms with van der Waals surface area (Å²) in [5, 5.41) is 62.6. The van der Waals surface area contributed by atoms with Gasteiger partial charge in [-0.25, -0.2) is 0 Å². The highest BCUT2D eigenvalue weighted by molar-refractivity contribution is 5.87. The Morgan fingerprint density at radius 3 is 2.59 bits per heavy atom. The lowest BCUT2D eigenvalue weighted by molar-refractivity contribution is -0.633. The van der Waals surface area contributed by atoms with Gasteiger partial charge in [0.1, 0.15) is 24.6 Å². The Bertz CT molecular complexity index is 966. The average Bonchev–Trinajstić information content (AvgIpc) is 3.05. The third-order valence-corrected chi connectivity index (χ3v) is 4.68. The molecular formula is C18H20N2O9. The molecule has 156 valence electrons. The number of aromatic nitrogens is 1. The zero-order valence-corrected chi connectivity index (χ0v) is 15.3. The van der Waals surface area contributed by atoms with Crippen LogP contribution in [0.3, 0.4) is 0 Å². The van der Waals surface area contributed by atoms with Gasteiger partial charge in [0.2, 0.25) is 11.9 Å². The zero-order valence-electron chi connectivity index (χ0n) is 15.3. The van der Waals surface area contributed by atoms with E-state index in [0.717, 1.165) is 6.20 Å². The van der Waals surface area contributed by atoms with E-state index in [9.17, 15) is 35.3 Å². The highest BCUT2D eigenvalue weighted by Crippen LogP contribution is 2.42. The summed E-state index contributed by atoms with van der Waals surface area (Å²) >= 11 is 0. The molecule has 2 aromatic rings. The number of carbonyl (C=O) groups is 1. The van der Waals surface area contributed by atoms with E-state index >= 15 is 0 Å². The molecule has 2 rings (SSSR count). The minimum Gasteiger partial charge on any atom is -0.481 e. The van der Waals surface area contributed by atoms with E-state index in [1.807, 2.05) is 0 Å². The number of hydrogen-bond acceptors (Lipinski definition) is 9. The summed E-state index contributed by atoms with van der Waals surface area (Å²) in [6.07, 6.45) is 1.08. The smallest absolute Gasteiger partial charge is 0.414 e. The van der Waals surface area contributed by atoms with Crippen LogP contribution in [0, 0.1) is 22.5 Å². The number of hydrogen-bond donors (Lipinski definition) is 5. The van der Waals surface area contributed by atoms with Gasteiger partial charge in [-0.05, 0) is 18.2 Å². The fourth-order valence-corrected chi connectivity index (χ4v) is 3.12. The molecule has 0 saturated carbocycles. The molecule has 11 heteroatoms. The van der Waals surface area contributed by atoms with Crippen LogP contribution in [0.4, 0.5) is 0 Å². The molecule has 0 radical (unpaired) electrons. The molecule has 0 saturated heterocycles. The summed E-state index contributed by atoms with van der Waals surface area (Å²) in [6, 6.07) is 4.38. The summed E-state index contributed by atoms with van der Waals surface area (Å²) in [6.45, 7) is -1.21. The van der Waals surface area contributed by atoms with E-state index in [0.29, 0.717) is 5.52 Å². The van der Waals surface area contributed by atoms with E-state index in [-0.39, 0.29) is 17.7 Å². The Balaban J connectivity index is 2.87. The lowest BCUT2D eigenvalue weighted by Gasteiger charge is -2.38. The number of fused-ring (bicyclic) bond motifs is 1. The average molecular weight is 408 g/mol. The van der Waals surface area contributed by atoms with Gasteiger partial charge in [0.15, 0.2) is 0 Å². The number of aldehydes is 1. The summed E-state index contributed by atoms with van der Waals surface area (Å²) in [7, 11) is 1.51. The third-order valence-electron chi connectivity index (χ3n) is 4.68. The first kappa shape index (κ1) is 22.3. The number of carbonyl (C=O) groups excluding carboxylic acids is 1. The number of aliphatic hydroxyl groups excluding tert-OH is 3. The maximum atomic E-state index is 11.5. The quantitative estimate of drug-likeness (QED) is 0.106. The van der Waals surface area contributed by atoms with Gasteiger partial charge in [-0.15, -0.1) is 6.42 Å². The van der Waals surface area contributed by atoms with Crippen molar-refractivity contribution >= 4 is 17.2 Å². The predicted molar refractivity (Wildman–Crippen MR) is 98.3 cm³/mol. The number of aliphatic hydroxyl groups is 5. The molecule has 5 N–H and O–H groups in total. The topological polar surface area (TPSA) is 176 Å². The van der Waals surface area contributed by atoms with Crippen LogP contribution in [0.2, 0.25) is 0 Å². The molecule has 1 heterocycles. The second kappa shape index (κ2) is 8.16. The van der Waals surface area contributed by atoms with Crippen molar-refractivity contribution in [3.63, 3.8) is 0 Å². The summed E-state index contributed by atoms with van der Waals surface area (Å²) in [5.74, 6) is 2.46. The number of nitrogens with zero attached hydrogens (tertiary/aromatic N) is 2. The van der Waals surface area contributed by atoms with Crippen molar-refractivity contribution in [2.45, 2.75) is 23.5 Å². The van der Waals surface area contributed by atoms with Crippen LogP contribution >= 0.6 is 0 Å². The van der Waals surface area contributed by atoms with Crippen LogP contribution < -0.4 is 4.74 Å². The van der Waals surface area contributed by atoms with Crippen LogP contribution in [-0.4, -0.2) is 72.5 Å². The first-order chi connectivity index (χ1) is 13.6. The van der Waals surface area contributed by atoms with Crippen LogP contribution in [0.15, 0.2) is 24.4 Å². The molecule has 0 unspecified atom stereocenters. The number of terminal acetylenes is 1. The fraction of sp³-hybridized carbons (Fsp3) is 0.389. The van der Waals surface area contributed by atoms with E-state index in [1.165, 1.54) is 29.8 Å². The molecule has 0 bridgehead atoms. The van der Waals surface area contributed by atoms with Gasteiger partial charge in [0, 0.05) is 29.7 Å². The van der Waals surface area contributed by atoms with E-state index in [4.69, 9.17) is 16.3 Å². The number of aryl methyl sites for hydroxylation is 1. The van der Waals surface area contributed by atoms with Crippen molar-refractivity contribution in [1.29, 1.82) is 0 Å². The van der Waals surface area contributed by atoms with Gasteiger partial charge in [0.05, 0.1) is 11.5 Å². The van der Waals surface area contributed by atoms with Crippen molar-refractivity contribution in [3.05, 3.63) is 40.1 Å². The normalized spacial score (nSPS) is 17.6. The summed E-state index contributed by atoms with van der Waals surface area (Å²) in [5.41, 5.74) is -7.17. The first-order valence-corrected chi connectivity index (χ1v) is 8.26. The fourth-order valence-electron chi connectivity index (χ4n) is 3.12. The molecule has 4 atom stereocenters. The lowest BCUT2D eigenvalue weighted by atomic mass is 9.77. The Hall–Kier alpha value is -3.01. The maximum Gasteiger partial charge on any atom is 0.414 e. The van der Waals surface area contributed by atoms with Crippen LogP contribution in [0.5, 0.6) is 5.75 Å². The van der Waals surface area contributed by atoms with Crippen molar-refractivity contribution in [2.24, 2.45) is 7.05 Å². The van der Waals surface area contributed by atoms with E-state index < -0.39 is 46.9 Å². The van der Waals surface area contributed by atoms with Crippen LogP contribution in [0.1, 0.15) is 5.56 Å². The molecular weight excluding hydrogens is 388 g/mol. The summed E-state index contributed by atoms with van der Waals surface area (Å²) in [4.78, 5) is 21.5. The monoisotopic (exact) mass is 408 g/mol. The highest BCUT2D eigenvalue weighted by Gasteiger charge is 2.67. The van der Waals surface area contributed by atoms with Gasteiger partial charge in [-0.1, -0.05) is 5.92 Å². The molecule has 0 aliphatic heterocycles. The number of nitro groups is 1. The number of rotatable bonds is 9. The Labute approximate surface area is 164 Å². The largest absolute Gasteiger partial charge is 0.481 e. The zero-order chi connectivity index (χ0) is 22.0. The number of benzene rings is 1. The van der Waals surface area contributed by atoms with Crippen molar-refractivity contribution < 1.29 is 40.0 Å². The second-order valence-electron chi connectivity index (χ2n) is 6.39. The molecule has 0 aliphatic rings. The predicted octanol–water partition coefficient (Wildman–Crippen LogP) is -1.74. The Morgan fingerprint density at radius 1 is 1.41 bits per heavy atom. The van der Waals surface area contributed by atoms with E-state index in [2.05, 4.69) is 5.92 Å².